The van der Waals surface area contributed by atoms with Crippen molar-refractivity contribution in [1.82, 2.24) is 5.32 Å². The topological polar surface area (TPSA) is 114 Å². The molecule has 26 heavy (non-hydrogen) atoms. The lowest BCUT2D eigenvalue weighted by atomic mass is 9.95. The first kappa shape index (κ1) is 21.7. The second-order valence-electron chi connectivity index (χ2n) is 6.48. The second-order valence-corrected chi connectivity index (χ2v) is 6.48. The van der Waals surface area contributed by atoms with E-state index in [-0.39, 0.29) is 12.2 Å². The molecule has 3 N–H and O–H groups in total. The molecule has 8 nitrogen and oxygen atoms in total. The van der Waals surface area contributed by atoms with E-state index in [1.807, 2.05) is 0 Å². The first-order valence-electron chi connectivity index (χ1n) is 7.86. The maximum atomic E-state index is 14.0. The summed E-state index contributed by atoms with van der Waals surface area (Å²) in [6.45, 7) is 4.55. The van der Waals surface area contributed by atoms with Crippen molar-refractivity contribution in [2.45, 2.75) is 38.8 Å². The summed E-state index contributed by atoms with van der Waals surface area (Å²) in [5.41, 5.74) is -0.349. The lowest BCUT2D eigenvalue weighted by Crippen LogP contribution is -2.45. The Labute approximate surface area is 151 Å². The minimum absolute atomic E-state index is 0.0360. The Kier molecular flexibility index (Phi) is 7.85. The Balaban J connectivity index is 2.83. The molecule has 144 valence electrons. The van der Waals surface area contributed by atoms with E-state index in [1.165, 1.54) is 19.2 Å². The summed E-state index contributed by atoms with van der Waals surface area (Å²) in [4.78, 5) is 23.7. The molecule has 0 heterocycles. The molecule has 10 heteroatoms. The van der Waals surface area contributed by atoms with E-state index >= 15 is 0 Å². The minimum Gasteiger partial charge on any atom is -0.493 e. The van der Waals surface area contributed by atoms with Crippen LogP contribution in [0.25, 0.3) is 0 Å². The van der Waals surface area contributed by atoms with Gasteiger partial charge in [0.2, 0.25) is 0 Å². The highest BCUT2D eigenvalue weighted by Crippen LogP contribution is 2.19. The van der Waals surface area contributed by atoms with Gasteiger partial charge < -0.3 is 29.6 Å². The maximum absolute atomic E-state index is 14.0. The molecule has 0 saturated heterocycles. The van der Waals surface area contributed by atoms with Gasteiger partial charge in [-0.3, -0.25) is 0 Å². The second kappa shape index (κ2) is 9.39. The van der Waals surface area contributed by atoms with E-state index < -0.39 is 43.1 Å². The van der Waals surface area contributed by atoms with Gasteiger partial charge in [-0.1, -0.05) is 6.07 Å². The van der Waals surface area contributed by atoms with Crippen LogP contribution in [-0.4, -0.2) is 54.5 Å². The third-order valence-electron chi connectivity index (χ3n) is 3.00. The van der Waals surface area contributed by atoms with Crippen molar-refractivity contribution >= 4 is 19.2 Å². The van der Waals surface area contributed by atoms with Gasteiger partial charge in [-0.25, -0.2) is 14.0 Å². The molecule has 0 aromatic heterocycles. The van der Waals surface area contributed by atoms with Crippen molar-refractivity contribution in [3.05, 3.63) is 29.6 Å². The monoisotopic (exact) mass is 371 g/mol. The van der Waals surface area contributed by atoms with Crippen LogP contribution in [-0.2, 0) is 20.7 Å². The van der Waals surface area contributed by atoms with Crippen molar-refractivity contribution in [2.75, 3.05) is 13.6 Å². The molecular weight excluding hydrogens is 348 g/mol. The van der Waals surface area contributed by atoms with Gasteiger partial charge >= 0.3 is 19.2 Å². The number of carbonyl (C=O) groups excluding carboxylic acids is 2. The number of hydrogen-bond acceptors (Lipinski definition) is 7. The fourth-order valence-corrected chi connectivity index (χ4v) is 1.97. The van der Waals surface area contributed by atoms with Crippen LogP contribution in [0.3, 0.4) is 0 Å². The van der Waals surface area contributed by atoms with Crippen LogP contribution in [0.4, 0.5) is 9.18 Å². The zero-order chi connectivity index (χ0) is 19.9. The number of halogens is 1. The van der Waals surface area contributed by atoms with Crippen LogP contribution in [0.15, 0.2) is 18.2 Å². The summed E-state index contributed by atoms with van der Waals surface area (Å²) in [6.07, 6.45) is -0.837. The maximum Gasteiger partial charge on any atom is 0.491 e. The lowest BCUT2D eigenvalue weighted by molar-refractivity contribution is -0.143. The van der Waals surface area contributed by atoms with Crippen molar-refractivity contribution in [3.63, 3.8) is 0 Å². The average Bonchev–Trinajstić information content (AvgIpc) is 2.50. The molecule has 1 unspecified atom stereocenters. The predicted molar refractivity (Wildman–Crippen MR) is 91.0 cm³/mol. The van der Waals surface area contributed by atoms with Gasteiger partial charge in [-0.2, -0.15) is 0 Å². The van der Waals surface area contributed by atoms with Crippen LogP contribution < -0.4 is 10.1 Å². The number of nitrogens with one attached hydrogen (secondary N) is 1. The Morgan fingerprint density at radius 3 is 2.46 bits per heavy atom. The Bertz CT molecular complexity index is 634. The number of amides is 1. The molecule has 0 saturated carbocycles. The summed E-state index contributed by atoms with van der Waals surface area (Å²) in [7, 11) is -0.556. The van der Waals surface area contributed by atoms with E-state index in [0.717, 1.165) is 6.07 Å². The van der Waals surface area contributed by atoms with Crippen molar-refractivity contribution in [1.29, 1.82) is 0 Å². The van der Waals surface area contributed by atoms with Gasteiger partial charge in [0.1, 0.15) is 18.1 Å². The molecule has 0 aliphatic rings. The highest BCUT2D eigenvalue weighted by molar-refractivity contribution is 6.40. The van der Waals surface area contributed by atoms with Crippen LogP contribution in [0.5, 0.6) is 5.75 Å². The number of methoxy groups -OCH3 is 1. The smallest absolute Gasteiger partial charge is 0.491 e. The Morgan fingerprint density at radius 2 is 1.96 bits per heavy atom. The van der Waals surface area contributed by atoms with E-state index in [4.69, 9.17) is 19.5 Å². The van der Waals surface area contributed by atoms with Crippen LogP contribution in [0.1, 0.15) is 26.3 Å². The first-order valence-corrected chi connectivity index (χ1v) is 7.86. The van der Waals surface area contributed by atoms with Crippen LogP contribution in [0, 0.1) is 5.82 Å². The summed E-state index contributed by atoms with van der Waals surface area (Å²) < 4.78 is 28.6. The van der Waals surface area contributed by atoms with Gasteiger partial charge in [0.15, 0.2) is 11.6 Å². The Hall–Kier alpha value is -2.33. The van der Waals surface area contributed by atoms with Gasteiger partial charge in [0.25, 0.3) is 0 Å². The van der Waals surface area contributed by atoms with Crippen LogP contribution >= 0.6 is 0 Å². The first-order chi connectivity index (χ1) is 12.0. The highest BCUT2D eigenvalue weighted by Gasteiger charge is 2.25. The zero-order valence-electron chi connectivity index (χ0n) is 15.1. The summed E-state index contributed by atoms with van der Waals surface area (Å²) in [6, 6.07) is 2.82. The quantitative estimate of drug-likeness (QED) is 0.480. The number of carbonyl (C=O) groups is 2. The Morgan fingerprint density at radius 1 is 1.31 bits per heavy atom. The molecule has 0 aliphatic carbocycles. The van der Waals surface area contributed by atoms with Crippen molar-refractivity contribution < 1.29 is 38.2 Å². The molecule has 0 aliphatic heterocycles. The molecule has 0 radical (unpaired) electrons. The van der Waals surface area contributed by atoms with E-state index in [9.17, 15) is 14.0 Å². The summed E-state index contributed by atoms with van der Waals surface area (Å²) in [5, 5.41) is 19.9. The molecule has 1 aromatic carbocycles. The molecule has 0 fully saturated rings. The molecule has 0 bridgehead atoms. The fraction of sp³-hybridized carbons (Fsp3) is 0.500. The molecule has 1 atom stereocenters. The normalized spacial score (nSPS) is 12.1. The van der Waals surface area contributed by atoms with Crippen LogP contribution in [0.2, 0.25) is 0 Å². The van der Waals surface area contributed by atoms with E-state index in [0.29, 0.717) is 5.56 Å². The SMILES string of the molecule is COC(=O)C(Cc1ccc(OCB(O)O)c(F)c1)NC(=O)OC(C)(C)C. The standard InChI is InChI=1S/C16H23BFNO7/c1-16(2,3)26-15(21)19-12(14(20)24-4)8-10-5-6-13(11(18)7-10)25-9-17(22)23/h5-7,12,22-23H,8-9H2,1-4H3,(H,19,21). The number of hydrogen-bond donors (Lipinski definition) is 3. The largest absolute Gasteiger partial charge is 0.493 e. The summed E-state index contributed by atoms with van der Waals surface area (Å²) in [5.74, 6) is -1.62. The predicted octanol–water partition coefficient (Wildman–Crippen LogP) is 0.825. The van der Waals surface area contributed by atoms with Crippen molar-refractivity contribution in [2.24, 2.45) is 0 Å². The third kappa shape index (κ3) is 7.71. The molecule has 0 spiro atoms. The van der Waals surface area contributed by atoms with Gasteiger partial charge in [0.05, 0.1) is 7.11 Å². The van der Waals surface area contributed by atoms with Gasteiger partial charge in [-0.05, 0) is 38.5 Å². The third-order valence-corrected chi connectivity index (χ3v) is 3.00. The number of benzene rings is 1. The number of esters is 1. The average molecular weight is 371 g/mol. The highest BCUT2D eigenvalue weighted by atomic mass is 19.1. The number of alkyl carbamates (subject to hydrolysis) is 1. The molecule has 1 amide bonds. The molecule has 1 aromatic rings. The minimum atomic E-state index is -1.73. The molecular formula is C16H23BFNO7. The van der Waals surface area contributed by atoms with Crippen molar-refractivity contribution in [3.8, 4) is 5.75 Å². The number of ether oxygens (including phenoxy) is 3. The van der Waals surface area contributed by atoms with Gasteiger partial charge in [0, 0.05) is 6.42 Å². The lowest BCUT2D eigenvalue weighted by Gasteiger charge is -2.22. The molecule has 1 rings (SSSR count). The summed E-state index contributed by atoms with van der Waals surface area (Å²) >= 11 is 0. The van der Waals surface area contributed by atoms with E-state index in [2.05, 4.69) is 10.1 Å². The zero-order valence-corrected chi connectivity index (χ0v) is 15.1. The van der Waals surface area contributed by atoms with E-state index in [1.54, 1.807) is 20.8 Å². The van der Waals surface area contributed by atoms with Gasteiger partial charge in [-0.15, -0.1) is 0 Å². The fourth-order valence-electron chi connectivity index (χ4n) is 1.97. The number of rotatable bonds is 7.